The number of aryl methyl sites for hydroxylation is 1. The van der Waals surface area contributed by atoms with Gasteiger partial charge in [-0.1, -0.05) is 24.3 Å². The number of hydrogen-bond acceptors (Lipinski definition) is 4. The molecule has 0 aromatic heterocycles. The molecule has 1 aromatic rings. The summed E-state index contributed by atoms with van der Waals surface area (Å²) in [6, 6.07) is 8.27. The van der Waals surface area contributed by atoms with E-state index in [2.05, 4.69) is 34.5 Å². The van der Waals surface area contributed by atoms with E-state index in [1.54, 1.807) is 0 Å². The normalized spacial score (nSPS) is 11.9. The Hall–Kier alpha value is -2.41. The minimum Gasteiger partial charge on any atom is -0.370 e. The summed E-state index contributed by atoms with van der Waals surface area (Å²) in [5.41, 5.74) is 12.7. The van der Waals surface area contributed by atoms with Gasteiger partial charge in [-0.25, -0.2) is 0 Å². The van der Waals surface area contributed by atoms with Gasteiger partial charge >= 0.3 is 0 Å². The molecule has 0 spiro atoms. The summed E-state index contributed by atoms with van der Waals surface area (Å²) in [7, 11) is 1.97. The van der Waals surface area contributed by atoms with Gasteiger partial charge in [-0.15, -0.1) is 0 Å². The van der Waals surface area contributed by atoms with Crippen LogP contribution in [-0.2, 0) is 27.3 Å². The summed E-state index contributed by atoms with van der Waals surface area (Å²) < 4.78 is 0. The van der Waals surface area contributed by atoms with Gasteiger partial charge in [0.1, 0.15) is 0 Å². The van der Waals surface area contributed by atoms with Crippen LogP contribution in [0, 0.1) is 0 Å². The number of nitrogens with one attached hydrogen (secondary N) is 1. The molecule has 0 saturated heterocycles. The number of benzene rings is 1. The quantitative estimate of drug-likeness (QED) is 0.333. The van der Waals surface area contributed by atoms with Crippen LogP contribution in [0.3, 0.4) is 0 Å². The first-order valence-electron chi connectivity index (χ1n) is 8.93. The first kappa shape index (κ1) is 21.6. The number of amides is 3. The first-order valence-corrected chi connectivity index (χ1v) is 8.93. The molecule has 0 bridgehead atoms. The van der Waals surface area contributed by atoms with Gasteiger partial charge in [0.15, 0.2) is 0 Å². The molecule has 1 aromatic carbocycles. The molecule has 0 aliphatic heterocycles. The highest BCUT2D eigenvalue weighted by atomic mass is 16.1. The Balaban J connectivity index is 2.42. The highest BCUT2D eigenvalue weighted by Crippen LogP contribution is 2.11. The Morgan fingerprint density at radius 1 is 1.08 bits per heavy atom. The van der Waals surface area contributed by atoms with Crippen molar-refractivity contribution < 1.29 is 14.4 Å². The molecule has 3 amide bonds. The van der Waals surface area contributed by atoms with Gasteiger partial charge in [0.2, 0.25) is 18.2 Å². The molecule has 1 atom stereocenters. The molecule has 0 heterocycles. The van der Waals surface area contributed by atoms with Crippen LogP contribution >= 0.6 is 0 Å². The van der Waals surface area contributed by atoms with E-state index in [9.17, 15) is 14.4 Å². The average Bonchev–Trinajstić information content (AvgIpc) is 2.58. The lowest BCUT2D eigenvalue weighted by Gasteiger charge is -2.23. The molecule has 26 heavy (non-hydrogen) atoms. The van der Waals surface area contributed by atoms with Crippen LogP contribution in [0.5, 0.6) is 0 Å². The molecule has 7 heteroatoms. The van der Waals surface area contributed by atoms with Crippen LogP contribution in [-0.4, -0.2) is 42.8 Å². The highest BCUT2D eigenvalue weighted by Gasteiger charge is 2.12. The van der Waals surface area contributed by atoms with E-state index in [-0.39, 0.29) is 24.3 Å². The van der Waals surface area contributed by atoms with Crippen LogP contribution < -0.4 is 16.8 Å². The Morgan fingerprint density at radius 3 is 2.27 bits per heavy atom. The Labute approximate surface area is 155 Å². The number of carbonyl (C=O) groups excluding carboxylic acids is 3. The molecule has 0 fully saturated rings. The fourth-order valence-corrected chi connectivity index (χ4v) is 2.83. The number of rotatable bonds is 14. The number of nitrogens with two attached hydrogens (primary N) is 2. The Morgan fingerprint density at radius 2 is 1.69 bits per heavy atom. The van der Waals surface area contributed by atoms with Crippen molar-refractivity contribution in [2.24, 2.45) is 11.5 Å². The first-order chi connectivity index (χ1) is 12.4. The van der Waals surface area contributed by atoms with E-state index in [1.807, 2.05) is 7.05 Å². The van der Waals surface area contributed by atoms with Crippen LogP contribution in [0.15, 0.2) is 24.3 Å². The number of likely N-dealkylation sites (N-methyl/N-ethyl adjacent to an activating group) is 1. The topological polar surface area (TPSA) is 119 Å². The zero-order chi connectivity index (χ0) is 19.4. The molecule has 1 rings (SSSR count). The standard InChI is InChI=1S/C19H30N4O3/c1-23(13-17(22-14-24)10-11-19(21)26)12-16-8-6-15(7-9-16)4-2-3-5-18(20)25/h6-9,14,17H,2-5,10-13H2,1H3,(H2,20,25)(H2,21,26)(H,22,24)/t17-/m0/s1. The number of carbonyl (C=O) groups is 3. The van der Waals surface area contributed by atoms with Gasteiger partial charge < -0.3 is 21.7 Å². The minimum atomic E-state index is -0.364. The number of primary amides is 2. The van der Waals surface area contributed by atoms with E-state index in [4.69, 9.17) is 11.5 Å². The Bertz CT molecular complexity index is 575. The maximum Gasteiger partial charge on any atom is 0.217 e. The van der Waals surface area contributed by atoms with Crippen molar-refractivity contribution in [1.82, 2.24) is 10.2 Å². The largest absolute Gasteiger partial charge is 0.370 e. The Kier molecular flexibility index (Phi) is 10.0. The third-order valence-electron chi connectivity index (χ3n) is 4.19. The van der Waals surface area contributed by atoms with E-state index in [0.717, 1.165) is 25.8 Å². The fraction of sp³-hybridized carbons (Fsp3) is 0.526. The van der Waals surface area contributed by atoms with Crippen molar-refractivity contribution in [3.8, 4) is 0 Å². The predicted molar refractivity (Wildman–Crippen MR) is 101 cm³/mol. The van der Waals surface area contributed by atoms with Crippen molar-refractivity contribution in [2.45, 2.75) is 51.1 Å². The van der Waals surface area contributed by atoms with E-state index in [1.165, 1.54) is 11.1 Å². The molecule has 7 nitrogen and oxygen atoms in total. The second kappa shape index (κ2) is 12.0. The van der Waals surface area contributed by atoms with Crippen molar-refractivity contribution in [2.75, 3.05) is 13.6 Å². The van der Waals surface area contributed by atoms with E-state index in [0.29, 0.717) is 25.8 Å². The van der Waals surface area contributed by atoms with Crippen LogP contribution in [0.25, 0.3) is 0 Å². The van der Waals surface area contributed by atoms with Crippen molar-refractivity contribution in [1.29, 1.82) is 0 Å². The van der Waals surface area contributed by atoms with E-state index < -0.39 is 0 Å². The zero-order valence-electron chi connectivity index (χ0n) is 15.4. The maximum absolute atomic E-state index is 10.9. The minimum absolute atomic E-state index is 0.102. The number of hydrogen-bond donors (Lipinski definition) is 3. The fourth-order valence-electron chi connectivity index (χ4n) is 2.83. The van der Waals surface area contributed by atoms with Crippen molar-refractivity contribution >= 4 is 18.2 Å². The molecule has 0 saturated carbocycles. The second-order valence-corrected chi connectivity index (χ2v) is 6.67. The van der Waals surface area contributed by atoms with Gasteiger partial charge in [-0.05, 0) is 43.9 Å². The summed E-state index contributed by atoms with van der Waals surface area (Å²) in [6.07, 6.45) is 4.58. The summed E-state index contributed by atoms with van der Waals surface area (Å²) in [6.45, 7) is 1.39. The maximum atomic E-state index is 10.9. The van der Waals surface area contributed by atoms with Gasteiger partial charge in [-0.3, -0.25) is 14.4 Å². The lowest BCUT2D eigenvalue weighted by molar-refractivity contribution is -0.119. The van der Waals surface area contributed by atoms with Crippen molar-refractivity contribution in [3.05, 3.63) is 35.4 Å². The molecular formula is C19H30N4O3. The smallest absolute Gasteiger partial charge is 0.217 e. The predicted octanol–water partition coefficient (Wildman–Crippen LogP) is 0.697. The molecular weight excluding hydrogens is 332 g/mol. The monoisotopic (exact) mass is 362 g/mol. The lowest BCUT2D eigenvalue weighted by Crippen LogP contribution is -2.39. The summed E-state index contributed by atoms with van der Waals surface area (Å²) in [4.78, 5) is 34.4. The molecule has 0 radical (unpaired) electrons. The molecule has 0 aliphatic rings. The van der Waals surface area contributed by atoms with Crippen molar-refractivity contribution in [3.63, 3.8) is 0 Å². The number of nitrogens with zero attached hydrogens (tertiary/aromatic N) is 1. The van der Waals surface area contributed by atoms with E-state index >= 15 is 0 Å². The SMILES string of the molecule is CN(Cc1ccc(CCCCC(N)=O)cc1)C[C@H](CCC(N)=O)NC=O. The number of unbranched alkanes of at least 4 members (excludes halogenated alkanes) is 1. The summed E-state index contributed by atoms with van der Waals surface area (Å²) >= 11 is 0. The molecule has 0 aliphatic carbocycles. The van der Waals surface area contributed by atoms with Gasteiger partial charge in [0.05, 0.1) is 0 Å². The highest BCUT2D eigenvalue weighted by molar-refractivity contribution is 5.74. The van der Waals surface area contributed by atoms with Gasteiger partial charge in [-0.2, -0.15) is 0 Å². The van der Waals surface area contributed by atoms with Crippen LogP contribution in [0.1, 0.15) is 43.2 Å². The second-order valence-electron chi connectivity index (χ2n) is 6.67. The average molecular weight is 362 g/mol. The lowest BCUT2D eigenvalue weighted by atomic mass is 10.0. The third-order valence-corrected chi connectivity index (χ3v) is 4.19. The van der Waals surface area contributed by atoms with Gasteiger partial charge in [0, 0.05) is 32.0 Å². The van der Waals surface area contributed by atoms with Gasteiger partial charge in [0.25, 0.3) is 0 Å². The van der Waals surface area contributed by atoms with Crippen LogP contribution in [0.4, 0.5) is 0 Å². The summed E-state index contributed by atoms with van der Waals surface area (Å²) in [5, 5.41) is 2.74. The molecule has 0 unspecified atom stereocenters. The molecule has 5 N–H and O–H groups in total. The zero-order valence-corrected chi connectivity index (χ0v) is 15.4. The summed E-state index contributed by atoms with van der Waals surface area (Å²) in [5.74, 6) is -0.613. The molecule has 144 valence electrons. The van der Waals surface area contributed by atoms with Crippen LogP contribution in [0.2, 0.25) is 0 Å². The third kappa shape index (κ3) is 9.78.